The molecule has 0 aliphatic carbocycles. The van der Waals surface area contributed by atoms with Gasteiger partial charge in [0.25, 0.3) is 0 Å². The molecule has 0 spiro atoms. The second-order valence-corrected chi connectivity index (χ2v) is 4.58. The average Bonchev–Trinajstić information content (AvgIpc) is 3.10. The number of ether oxygens (including phenoxy) is 3. The number of carbonyl (C=O) groups excluding carboxylic acids is 1. The number of aryl methyl sites for hydroxylation is 1. The third-order valence-electron chi connectivity index (χ3n) is 2.96. The zero-order valence-electron chi connectivity index (χ0n) is 11.5. The molecule has 21 heavy (non-hydrogen) atoms. The number of hydrogen-bond acceptors (Lipinski definition) is 5. The minimum Gasteiger partial charge on any atom is -0.462 e. The Bertz CT molecular complexity index is 684. The van der Waals surface area contributed by atoms with E-state index in [2.05, 4.69) is 0 Å². The van der Waals surface area contributed by atoms with Crippen LogP contribution < -0.4 is 9.47 Å². The largest absolute Gasteiger partial charge is 0.462 e. The first-order valence-electron chi connectivity index (χ1n) is 6.50. The molecule has 0 N–H and O–H groups in total. The van der Waals surface area contributed by atoms with Crippen LogP contribution in [0.4, 0.5) is 0 Å². The Labute approximate surface area is 121 Å². The van der Waals surface area contributed by atoms with Crippen molar-refractivity contribution in [3.8, 4) is 11.5 Å². The smallest absolute Gasteiger partial charge is 0.331 e. The number of hydrogen-bond donors (Lipinski definition) is 0. The van der Waals surface area contributed by atoms with Gasteiger partial charge in [-0.25, -0.2) is 4.79 Å². The van der Waals surface area contributed by atoms with Crippen LogP contribution in [0, 0.1) is 6.92 Å². The highest BCUT2D eigenvalue weighted by molar-refractivity contribution is 5.86. The Morgan fingerprint density at radius 2 is 2.10 bits per heavy atom. The van der Waals surface area contributed by atoms with E-state index in [1.807, 2.05) is 19.1 Å². The lowest BCUT2D eigenvalue weighted by Crippen LogP contribution is -2.00. The second-order valence-electron chi connectivity index (χ2n) is 4.58. The molecule has 0 radical (unpaired) electrons. The van der Waals surface area contributed by atoms with Crippen LogP contribution in [-0.2, 0) is 16.1 Å². The van der Waals surface area contributed by atoms with Gasteiger partial charge in [0.1, 0.15) is 18.1 Å². The molecule has 0 saturated heterocycles. The van der Waals surface area contributed by atoms with Crippen LogP contribution in [0.5, 0.6) is 11.5 Å². The number of benzene rings is 1. The normalized spacial score (nSPS) is 12.8. The Balaban J connectivity index is 1.55. The summed E-state index contributed by atoms with van der Waals surface area (Å²) < 4.78 is 21.0. The monoisotopic (exact) mass is 286 g/mol. The highest BCUT2D eigenvalue weighted by atomic mass is 16.7. The molecule has 2 aromatic rings. The summed E-state index contributed by atoms with van der Waals surface area (Å²) in [6.45, 7) is 2.25. The van der Waals surface area contributed by atoms with Crippen LogP contribution in [0.3, 0.4) is 0 Å². The van der Waals surface area contributed by atoms with Gasteiger partial charge in [0.2, 0.25) is 6.79 Å². The molecule has 5 nitrogen and oxygen atoms in total. The number of fused-ring (bicyclic) bond motifs is 1. The quantitative estimate of drug-likeness (QED) is 0.638. The van der Waals surface area contributed by atoms with Crippen molar-refractivity contribution in [3.63, 3.8) is 0 Å². The van der Waals surface area contributed by atoms with E-state index < -0.39 is 5.97 Å². The van der Waals surface area contributed by atoms with Crippen molar-refractivity contribution in [2.75, 3.05) is 6.79 Å². The first-order chi connectivity index (χ1) is 10.2. The topological polar surface area (TPSA) is 57.9 Å². The third kappa shape index (κ3) is 3.25. The standard InChI is InChI=1S/C16H14O5/c1-11-2-4-13(21-11)5-7-16(17)18-9-12-3-6-14-15(8-12)20-10-19-14/h2-8H,9-10H2,1H3. The van der Waals surface area contributed by atoms with Crippen molar-refractivity contribution in [2.24, 2.45) is 0 Å². The molecule has 0 unspecified atom stereocenters. The fourth-order valence-electron chi connectivity index (χ4n) is 1.93. The van der Waals surface area contributed by atoms with Gasteiger partial charge in [-0.2, -0.15) is 0 Å². The first-order valence-corrected chi connectivity index (χ1v) is 6.50. The predicted molar refractivity (Wildman–Crippen MR) is 74.8 cm³/mol. The van der Waals surface area contributed by atoms with Crippen molar-refractivity contribution in [3.05, 3.63) is 53.5 Å². The minimum atomic E-state index is -0.429. The molecule has 3 rings (SSSR count). The molecule has 0 saturated carbocycles. The van der Waals surface area contributed by atoms with Gasteiger partial charge in [-0.1, -0.05) is 6.07 Å². The molecular formula is C16H14O5. The zero-order valence-corrected chi connectivity index (χ0v) is 11.5. The summed E-state index contributed by atoms with van der Waals surface area (Å²) in [5.41, 5.74) is 0.842. The number of furan rings is 1. The summed E-state index contributed by atoms with van der Waals surface area (Å²) in [5, 5.41) is 0. The van der Waals surface area contributed by atoms with Gasteiger partial charge in [0, 0.05) is 6.08 Å². The van der Waals surface area contributed by atoms with Crippen LogP contribution in [0.1, 0.15) is 17.1 Å². The van der Waals surface area contributed by atoms with Gasteiger partial charge in [-0.3, -0.25) is 0 Å². The predicted octanol–water partition coefficient (Wildman–Crippen LogP) is 3.07. The lowest BCUT2D eigenvalue weighted by Gasteiger charge is -2.03. The fraction of sp³-hybridized carbons (Fsp3) is 0.188. The molecule has 1 aliphatic heterocycles. The fourth-order valence-corrected chi connectivity index (χ4v) is 1.93. The maximum absolute atomic E-state index is 11.6. The SMILES string of the molecule is Cc1ccc(C=CC(=O)OCc2ccc3c(c2)OCO3)o1. The minimum absolute atomic E-state index is 0.178. The lowest BCUT2D eigenvalue weighted by molar-refractivity contribution is -0.138. The molecule has 0 atom stereocenters. The summed E-state index contributed by atoms with van der Waals surface area (Å²) in [4.78, 5) is 11.6. The molecule has 5 heteroatoms. The average molecular weight is 286 g/mol. The van der Waals surface area contributed by atoms with Crippen molar-refractivity contribution in [1.29, 1.82) is 0 Å². The van der Waals surface area contributed by atoms with E-state index in [1.54, 1.807) is 24.3 Å². The summed E-state index contributed by atoms with van der Waals surface area (Å²) in [6, 6.07) is 9.05. The van der Waals surface area contributed by atoms with E-state index in [0.29, 0.717) is 17.3 Å². The Kier molecular flexibility index (Phi) is 3.64. The molecular weight excluding hydrogens is 272 g/mol. The highest BCUT2D eigenvalue weighted by Crippen LogP contribution is 2.32. The van der Waals surface area contributed by atoms with E-state index >= 15 is 0 Å². The van der Waals surface area contributed by atoms with E-state index in [1.165, 1.54) is 6.08 Å². The molecule has 1 aromatic heterocycles. The number of rotatable bonds is 4. The molecule has 108 valence electrons. The Morgan fingerprint density at radius 1 is 1.24 bits per heavy atom. The molecule has 1 aromatic carbocycles. The van der Waals surface area contributed by atoms with Gasteiger partial charge in [0.05, 0.1) is 0 Å². The van der Waals surface area contributed by atoms with E-state index in [0.717, 1.165) is 11.3 Å². The number of esters is 1. The molecule has 0 bridgehead atoms. The van der Waals surface area contributed by atoms with Crippen LogP contribution in [0.15, 0.2) is 40.8 Å². The number of carbonyl (C=O) groups is 1. The molecule has 2 heterocycles. The maximum atomic E-state index is 11.6. The van der Waals surface area contributed by atoms with Gasteiger partial charge < -0.3 is 18.6 Å². The lowest BCUT2D eigenvalue weighted by atomic mass is 10.2. The maximum Gasteiger partial charge on any atom is 0.331 e. The van der Waals surface area contributed by atoms with E-state index in [9.17, 15) is 4.79 Å². The van der Waals surface area contributed by atoms with Gasteiger partial charge >= 0.3 is 5.97 Å². The second kappa shape index (κ2) is 5.75. The van der Waals surface area contributed by atoms with Crippen LogP contribution in [0.25, 0.3) is 6.08 Å². The molecule has 1 aliphatic rings. The van der Waals surface area contributed by atoms with Crippen molar-refractivity contribution in [1.82, 2.24) is 0 Å². The van der Waals surface area contributed by atoms with Crippen molar-refractivity contribution >= 4 is 12.0 Å². The summed E-state index contributed by atoms with van der Waals surface area (Å²) in [7, 11) is 0. The van der Waals surface area contributed by atoms with Crippen LogP contribution in [-0.4, -0.2) is 12.8 Å². The van der Waals surface area contributed by atoms with Crippen LogP contribution >= 0.6 is 0 Å². The highest BCUT2D eigenvalue weighted by Gasteiger charge is 2.13. The molecule has 0 amide bonds. The van der Waals surface area contributed by atoms with E-state index in [4.69, 9.17) is 18.6 Å². The van der Waals surface area contributed by atoms with Crippen molar-refractivity contribution < 1.29 is 23.4 Å². The zero-order chi connectivity index (χ0) is 14.7. The van der Waals surface area contributed by atoms with Gasteiger partial charge in [0.15, 0.2) is 11.5 Å². The Morgan fingerprint density at radius 3 is 2.90 bits per heavy atom. The summed E-state index contributed by atoms with van der Waals surface area (Å²) >= 11 is 0. The third-order valence-corrected chi connectivity index (χ3v) is 2.96. The first kappa shape index (κ1) is 13.3. The summed E-state index contributed by atoms with van der Waals surface area (Å²) in [5.74, 6) is 2.36. The van der Waals surface area contributed by atoms with E-state index in [-0.39, 0.29) is 13.4 Å². The van der Waals surface area contributed by atoms with Gasteiger partial charge in [-0.05, 0) is 42.8 Å². The Hall–Kier alpha value is -2.69. The van der Waals surface area contributed by atoms with Gasteiger partial charge in [-0.15, -0.1) is 0 Å². The van der Waals surface area contributed by atoms with Crippen LogP contribution in [0.2, 0.25) is 0 Å². The molecule has 0 fully saturated rings. The summed E-state index contributed by atoms with van der Waals surface area (Å²) in [6.07, 6.45) is 2.92. The van der Waals surface area contributed by atoms with Crippen molar-refractivity contribution in [2.45, 2.75) is 13.5 Å².